The molecular formula is C29H30N2O4. The lowest BCUT2D eigenvalue weighted by atomic mass is 9.95. The Bertz CT molecular complexity index is 1170. The van der Waals surface area contributed by atoms with Gasteiger partial charge in [0, 0.05) is 12.4 Å². The molecule has 35 heavy (non-hydrogen) atoms. The first-order chi connectivity index (χ1) is 17.3. The maximum absolute atomic E-state index is 10.4. The Hall–Kier alpha value is -3.29. The minimum absolute atomic E-state index is 0.0978. The number of nitrogens with zero attached hydrogens (tertiary/aromatic N) is 2. The molecule has 3 aromatic carbocycles. The lowest BCUT2D eigenvalue weighted by molar-refractivity contribution is -0.186. The highest BCUT2D eigenvalue weighted by atomic mass is 16.6. The van der Waals surface area contributed by atoms with E-state index in [0.29, 0.717) is 19.8 Å². The highest BCUT2D eigenvalue weighted by Crippen LogP contribution is 2.39. The standard InChI is InChI=1S/C29H30N2O4/c32-18-25-26(33-19-22-10-4-1-5-11-22)27(34-20-23-12-6-2-7-13-23)28(29-30-16-17-31(25)29)35-21-24-14-8-3-9-15-24/h1-17,25-28,32H,18-21H2/t25-,26-,27+,28?/m1/s1. The number of aliphatic hydroxyl groups excluding tert-OH is 1. The van der Waals surface area contributed by atoms with Crippen molar-refractivity contribution in [3.05, 3.63) is 126 Å². The maximum Gasteiger partial charge on any atom is 0.144 e. The number of fused-ring (bicyclic) bond motifs is 1. The minimum atomic E-state index is -0.463. The topological polar surface area (TPSA) is 65.7 Å². The first kappa shape index (κ1) is 23.5. The zero-order chi connectivity index (χ0) is 23.9. The monoisotopic (exact) mass is 470 g/mol. The number of aromatic nitrogens is 2. The molecule has 0 saturated heterocycles. The number of imidazole rings is 1. The summed E-state index contributed by atoms with van der Waals surface area (Å²) < 4.78 is 21.4. The van der Waals surface area contributed by atoms with Crippen molar-refractivity contribution in [3.63, 3.8) is 0 Å². The molecule has 1 aliphatic heterocycles. The van der Waals surface area contributed by atoms with Crippen LogP contribution < -0.4 is 0 Å². The highest BCUT2D eigenvalue weighted by molar-refractivity contribution is 5.17. The lowest BCUT2D eigenvalue weighted by Crippen LogP contribution is -2.49. The second-order valence-corrected chi connectivity index (χ2v) is 8.68. The second-order valence-electron chi connectivity index (χ2n) is 8.68. The molecule has 4 aromatic rings. The first-order valence-corrected chi connectivity index (χ1v) is 11.9. The van der Waals surface area contributed by atoms with Gasteiger partial charge in [0.05, 0.1) is 32.5 Å². The summed E-state index contributed by atoms with van der Waals surface area (Å²) in [6, 6.07) is 29.8. The Kier molecular flexibility index (Phi) is 7.66. The smallest absolute Gasteiger partial charge is 0.144 e. The number of aliphatic hydroxyl groups is 1. The van der Waals surface area contributed by atoms with Crippen molar-refractivity contribution in [2.24, 2.45) is 0 Å². The van der Waals surface area contributed by atoms with Gasteiger partial charge in [-0.25, -0.2) is 4.98 Å². The number of ether oxygens (including phenoxy) is 3. The maximum atomic E-state index is 10.4. The molecule has 0 fully saturated rings. The summed E-state index contributed by atoms with van der Waals surface area (Å²) in [5.41, 5.74) is 3.19. The Morgan fingerprint density at radius 1 is 0.657 bits per heavy atom. The largest absolute Gasteiger partial charge is 0.394 e. The Morgan fingerprint density at radius 2 is 1.14 bits per heavy atom. The van der Waals surface area contributed by atoms with E-state index in [1.54, 1.807) is 6.20 Å². The third-order valence-electron chi connectivity index (χ3n) is 6.34. The van der Waals surface area contributed by atoms with E-state index in [-0.39, 0.29) is 12.6 Å². The fraction of sp³-hybridized carbons (Fsp3) is 0.276. The van der Waals surface area contributed by atoms with Gasteiger partial charge in [-0.2, -0.15) is 0 Å². The van der Waals surface area contributed by atoms with Crippen LogP contribution >= 0.6 is 0 Å². The summed E-state index contributed by atoms with van der Waals surface area (Å²) >= 11 is 0. The molecule has 0 radical (unpaired) electrons. The third kappa shape index (κ3) is 5.52. The zero-order valence-electron chi connectivity index (χ0n) is 19.5. The van der Waals surface area contributed by atoms with Crippen LogP contribution in [-0.4, -0.2) is 33.5 Å². The van der Waals surface area contributed by atoms with Gasteiger partial charge in [0.2, 0.25) is 0 Å². The predicted octanol–water partition coefficient (Wildman–Crippen LogP) is 4.86. The second kappa shape index (κ2) is 11.4. The van der Waals surface area contributed by atoms with Crippen molar-refractivity contribution in [3.8, 4) is 0 Å². The molecule has 2 heterocycles. The van der Waals surface area contributed by atoms with Crippen molar-refractivity contribution in [1.82, 2.24) is 9.55 Å². The van der Waals surface area contributed by atoms with Crippen LogP contribution in [0.25, 0.3) is 0 Å². The van der Waals surface area contributed by atoms with Gasteiger partial charge >= 0.3 is 0 Å². The summed E-state index contributed by atoms with van der Waals surface area (Å²) in [5, 5.41) is 10.4. The Morgan fingerprint density at radius 3 is 1.66 bits per heavy atom. The Balaban J connectivity index is 1.44. The zero-order valence-corrected chi connectivity index (χ0v) is 19.5. The number of rotatable bonds is 10. The molecule has 1 aromatic heterocycles. The van der Waals surface area contributed by atoms with Crippen LogP contribution in [0.5, 0.6) is 0 Å². The van der Waals surface area contributed by atoms with Crippen molar-refractivity contribution in [2.75, 3.05) is 6.61 Å². The number of hydrogen-bond donors (Lipinski definition) is 1. The minimum Gasteiger partial charge on any atom is -0.394 e. The van der Waals surface area contributed by atoms with E-state index < -0.39 is 18.3 Å². The van der Waals surface area contributed by atoms with Gasteiger partial charge < -0.3 is 23.9 Å². The first-order valence-electron chi connectivity index (χ1n) is 11.9. The van der Waals surface area contributed by atoms with E-state index in [9.17, 15) is 5.11 Å². The average Bonchev–Trinajstić information content (AvgIpc) is 3.40. The van der Waals surface area contributed by atoms with E-state index in [1.165, 1.54) is 0 Å². The van der Waals surface area contributed by atoms with Crippen molar-refractivity contribution >= 4 is 0 Å². The summed E-state index contributed by atoms with van der Waals surface area (Å²) in [4.78, 5) is 4.60. The van der Waals surface area contributed by atoms with Crippen molar-refractivity contribution < 1.29 is 19.3 Å². The molecule has 0 bridgehead atoms. The van der Waals surface area contributed by atoms with Crippen molar-refractivity contribution in [1.29, 1.82) is 0 Å². The molecule has 0 aliphatic carbocycles. The van der Waals surface area contributed by atoms with E-state index in [1.807, 2.05) is 102 Å². The molecule has 0 amide bonds. The summed E-state index contributed by atoms with van der Waals surface area (Å²) in [6.45, 7) is 1.13. The molecule has 1 aliphatic rings. The summed E-state index contributed by atoms with van der Waals surface area (Å²) in [7, 11) is 0. The lowest BCUT2D eigenvalue weighted by Gasteiger charge is -2.42. The van der Waals surface area contributed by atoms with Gasteiger partial charge in [-0.1, -0.05) is 91.0 Å². The molecule has 0 saturated carbocycles. The number of benzene rings is 3. The van der Waals surface area contributed by atoms with Gasteiger partial charge in [0.25, 0.3) is 0 Å². The summed E-state index contributed by atoms with van der Waals surface area (Å²) in [5.74, 6) is 0.734. The van der Waals surface area contributed by atoms with Crippen LogP contribution in [0.2, 0.25) is 0 Å². The molecule has 6 heteroatoms. The average molecular weight is 471 g/mol. The van der Waals surface area contributed by atoms with Crippen molar-refractivity contribution in [2.45, 2.75) is 44.2 Å². The highest BCUT2D eigenvalue weighted by Gasteiger charge is 2.46. The molecule has 1 unspecified atom stereocenters. The van der Waals surface area contributed by atoms with E-state index >= 15 is 0 Å². The van der Waals surface area contributed by atoms with Crippen LogP contribution in [0, 0.1) is 0 Å². The third-order valence-corrected chi connectivity index (χ3v) is 6.34. The predicted molar refractivity (Wildman–Crippen MR) is 132 cm³/mol. The molecule has 4 atom stereocenters. The van der Waals surface area contributed by atoms with Gasteiger partial charge in [-0.15, -0.1) is 0 Å². The molecule has 5 rings (SSSR count). The van der Waals surface area contributed by atoms with Gasteiger partial charge in [-0.3, -0.25) is 0 Å². The normalized spacial score (nSPS) is 21.5. The Labute approximate surface area is 205 Å². The quantitative estimate of drug-likeness (QED) is 0.359. The molecule has 6 nitrogen and oxygen atoms in total. The SMILES string of the molecule is OC[C@@H]1[C@@H](OCc2ccccc2)[C@H](OCc2ccccc2)C(OCc2ccccc2)c2nccn21. The molecule has 1 N–H and O–H groups in total. The fourth-order valence-corrected chi connectivity index (χ4v) is 4.56. The van der Waals surface area contributed by atoms with E-state index in [4.69, 9.17) is 14.2 Å². The van der Waals surface area contributed by atoms with Gasteiger partial charge in [0.1, 0.15) is 24.1 Å². The van der Waals surface area contributed by atoms with Gasteiger partial charge in [0.15, 0.2) is 0 Å². The molecule has 0 spiro atoms. The molecular weight excluding hydrogens is 440 g/mol. The van der Waals surface area contributed by atoms with E-state index in [2.05, 4.69) is 4.98 Å². The van der Waals surface area contributed by atoms with Crippen LogP contribution in [0.3, 0.4) is 0 Å². The molecule has 180 valence electrons. The number of hydrogen-bond acceptors (Lipinski definition) is 5. The van der Waals surface area contributed by atoms with Gasteiger partial charge in [-0.05, 0) is 16.7 Å². The van der Waals surface area contributed by atoms with Crippen LogP contribution in [-0.2, 0) is 34.0 Å². The van der Waals surface area contributed by atoms with Crippen LogP contribution in [0.15, 0.2) is 103 Å². The summed E-state index contributed by atoms with van der Waals surface area (Å²) in [6.07, 6.45) is 2.25. The fourth-order valence-electron chi connectivity index (χ4n) is 4.56. The van der Waals surface area contributed by atoms with Crippen LogP contribution in [0.4, 0.5) is 0 Å². The van der Waals surface area contributed by atoms with Crippen LogP contribution in [0.1, 0.15) is 34.7 Å². The van der Waals surface area contributed by atoms with E-state index in [0.717, 1.165) is 22.5 Å².